The van der Waals surface area contributed by atoms with Crippen LogP contribution in [0, 0.1) is 0 Å². The molecule has 0 spiro atoms. The van der Waals surface area contributed by atoms with Gasteiger partial charge in [0.1, 0.15) is 0 Å². The Morgan fingerprint density at radius 3 is 2.00 bits per heavy atom. The van der Waals surface area contributed by atoms with Crippen LogP contribution >= 0.6 is 17.0 Å². The van der Waals surface area contributed by atoms with Crippen LogP contribution in [0.1, 0.15) is 40.5 Å². The Bertz CT molecular complexity index is 157. The minimum atomic E-state index is -1.47. The SMILES string of the molecule is Br.CCC[CH]([Zn])O[Si](C)(C)C(C)(C)C. The summed E-state index contributed by atoms with van der Waals surface area (Å²) in [5, 5.41) is 0.362. The zero-order chi connectivity index (χ0) is 10.7. The van der Waals surface area contributed by atoms with E-state index in [0.717, 1.165) is 0 Å². The summed E-state index contributed by atoms with van der Waals surface area (Å²) in [6.45, 7) is 13.8. The fourth-order valence-corrected chi connectivity index (χ4v) is 5.76. The predicted octanol–water partition coefficient (Wildman–Crippen LogP) is 4.26. The molecule has 0 N–H and O–H groups in total. The quantitative estimate of drug-likeness (QED) is 0.699. The average molecular weight is 334 g/mol. The van der Waals surface area contributed by atoms with Crippen LogP contribution < -0.4 is 0 Å². The second-order valence-electron chi connectivity index (χ2n) is 5.29. The number of halogens is 1. The molecule has 0 aliphatic rings. The maximum absolute atomic E-state index is 6.24. The van der Waals surface area contributed by atoms with E-state index in [-0.39, 0.29) is 17.0 Å². The van der Waals surface area contributed by atoms with Crippen LogP contribution in [-0.4, -0.2) is 13.0 Å². The summed E-state index contributed by atoms with van der Waals surface area (Å²) in [6.07, 6.45) is 2.49. The molecular formula is C10H24BrOSiZn. The number of hydrogen-bond donors (Lipinski definition) is 0. The average Bonchev–Trinajstić information content (AvgIpc) is 1.83. The molecule has 0 bridgehead atoms. The van der Waals surface area contributed by atoms with Crippen molar-refractivity contribution in [3.63, 3.8) is 0 Å². The molecule has 0 amide bonds. The summed E-state index contributed by atoms with van der Waals surface area (Å²) in [4.78, 5) is 0. The van der Waals surface area contributed by atoms with Crippen LogP contribution in [0.5, 0.6) is 0 Å². The molecule has 0 radical (unpaired) electrons. The van der Waals surface area contributed by atoms with Crippen molar-refractivity contribution in [2.75, 3.05) is 0 Å². The van der Waals surface area contributed by atoms with E-state index in [1.54, 1.807) is 0 Å². The Kier molecular flexibility index (Phi) is 8.55. The van der Waals surface area contributed by atoms with Gasteiger partial charge in [-0.2, -0.15) is 0 Å². The Hall–Kier alpha value is 1.28. The van der Waals surface area contributed by atoms with E-state index in [1.165, 1.54) is 31.1 Å². The van der Waals surface area contributed by atoms with Gasteiger partial charge in [0.2, 0.25) is 0 Å². The third-order valence-corrected chi connectivity index (χ3v) is 9.32. The van der Waals surface area contributed by atoms with Crippen molar-refractivity contribution in [2.45, 2.75) is 63.4 Å². The molecule has 0 saturated heterocycles. The number of rotatable bonds is 4. The summed E-state index contributed by atoms with van der Waals surface area (Å²) in [7, 11) is -1.47. The third kappa shape index (κ3) is 5.99. The van der Waals surface area contributed by atoms with E-state index in [1.807, 2.05) is 0 Å². The van der Waals surface area contributed by atoms with Gasteiger partial charge in [-0.05, 0) is 0 Å². The second-order valence-corrected chi connectivity index (χ2v) is 12.0. The van der Waals surface area contributed by atoms with Gasteiger partial charge in [0.25, 0.3) is 0 Å². The van der Waals surface area contributed by atoms with Crippen molar-refractivity contribution in [3.8, 4) is 0 Å². The Morgan fingerprint density at radius 1 is 1.29 bits per heavy atom. The van der Waals surface area contributed by atoms with E-state index in [9.17, 15) is 0 Å². The molecule has 1 unspecified atom stereocenters. The summed E-state index contributed by atoms with van der Waals surface area (Å²) in [5.74, 6) is 0. The van der Waals surface area contributed by atoms with Gasteiger partial charge in [-0.1, -0.05) is 0 Å². The second kappa shape index (κ2) is 6.78. The van der Waals surface area contributed by atoms with Crippen LogP contribution in [0.4, 0.5) is 0 Å². The van der Waals surface area contributed by atoms with Gasteiger partial charge in [-0.25, -0.2) is 0 Å². The summed E-state index contributed by atoms with van der Waals surface area (Å²) in [6, 6.07) is 0. The van der Waals surface area contributed by atoms with Crippen LogP contribution in [0.15, 0.2) is 0 Å². The van der Waals surface area contributed by atoms with E-state index in [2.05, 4.69) is 40.8 Å². The fourth-order valence-electron chi connectivity index (χ4n) is 0.974. The summed E-state index contributed by atoms with van der Waals surface area (Å²) in [5.41, 5.74) is 0. The maximum atomic E-state index is 6.24. The third-order valence-electron chi connectivity index (χ3n) is 2.88. The first kappa shape index (κ1) is 17.7. The molecule has 0 aromatic rings. The topological polar surface area (TPSA) is 9.23 Å². The van der Waals surface area contributed by atoms with Gasteiger partial charge in [0, 0.05) is 0 Å². The molecule has 0 fully saturated rings. The van der Waals surface area contributed by atoms with E-state index >= 15 is 0 Å². The van der Waals surface area contributed by atoms with Gasteiger partial charge in [-0.15, -0.1) is 17.0 Å². The summed E-state index contributed by atoms with van der Waals surface area (Å²) >= 11 is 1.28. The Balaban J connectivity index is 0. The molecule has 14 heavy (non-hydrogen) atoms. The van der Waals surface area contributed by atoms with Gasteiger partial charge in [0.05, 0.1) is 0 Å². The van der Waals surface area contributed by atoms with Crippen LogP contribution in [-0.2, 0) is 22.7 Å². The van der Waals surface area contributed by atoms with Gasteiger partial charge >= 0.3 is 94.4 Å². The predicted molar refractivity (Wildman–Crippen MR) is 67.3 cm³/mol. The monoisotopic (exact) mass is 331 g/mol. The van der Waals surface area contributed by atoms with E-state index in [4.69, 9.17) is 4.43 Å². The van der Waals surface area contributed by atoms with Crippen LogP contribution in [0.3, 0.4) is 0 Å². The van der Waals surface area contributed by atoms with Gasteiger partial charge < -0.3 is 0 Å². The van der Waals surface area contributed by atoms with Gasteiger partial charge in [0.15, 0.2) is 0 Å². The Morgan fingerprint density at radius 2 is 1.71 bits per heavy atom. The fraction of sp³-hybridized carbons (Fsp3) is 1.00. The number of hydrogen-bond acceptors (Lipinski definition) is 1. The van der Waals surface area contributed by atoms with Crippen molar-refractivity contribution in [1.82, 2.24) is 0 Å². The first-order chi connectivity index (χ1) is 5.70. The van der Waals surface area contributed by atoms with Crippen molar-refractivity contribution in [2.24, 2.45) is 0 Å². The molecule has 1 atom stereocenters. The molecule has 0 rings (SSSR count). The molecule has 0 saturated carbocycles. The van der Waals surface area contributed by atoms with Crippen molar-refractivity contribution in [3.05, 3.63) is 0 Å². The van der Waals surface area contributed by atoms with Crippen LogP contribution in [0.2, 0.25) is 18.1 Å². The first-order valence-corrected chi connectivity index (χ1v) is 9.83. The molecule has 0 aliphatic heterocycles. The zero-order valence-corrected chi connectivity index (χ0v) is 16.2. The van der Waals surface area contributed by atoms with Gasteiger partial charge in [-0.3, -0.25) is 0 Å². The molecule has 0 heterocycles. The standard InChI is InChI=1S/C10H23OSi.BrH.Zn/c1-7-8-9-11-12(5,6)10(2,3)4;;/h9H,7-8H2,1-6H3;1H;. The Labute approximate surface area is 111 Å². The van der Waals surface area contributed by atoms with Crippen molar-refractivity contribution >= 4 is 25.3 Å². The van der Waals surface area contributed by atoms with E-state index in [0.29, 0.717) is 9.74 Å². The molecule has 83 valence electrons. The molecule has 0 aromatic carbocycles. The molecule has 0 aliphatic carbocycles. The molecule has 0 aromatic heterocycles. The first-order valence-electron chi connectivity index (χ1n) is 5.21. The molecule has 1 nitrogen and oxygen atoms in total. The summed E-state index contributed by atoms with van der Waals surface area (Å²) < 4.78 is 6.80. The zero-order valence-electron chi connectivity index (χ0n) is 10.5. The van der Waals surface area contributed by atoms with Crippen LogP contribution in [0.25, 0.3) is 0 Å². The molecule has 4 heteroatoms. The molecular weight excluding hydrogens is 309 g/mol. The van der Waals surface area contributed by atoms with Crippen molar-refractivity contribution < 1.29 is 22.7 Å². The minimum absolute atomic E-state index is 0. The normalized spacial score (nSPS) is 14.9. The van der Waals surface area contributed by atoms with Crippen molar-refractivity contribution in [1.29, 1.82) is 0 Å². The van der Waals surface area contributed by atoms with E-state index < -0.39 is 8.32 Å².